The molecular formula is C12H10ClF6NO3. The molecule has 2 rings (SSSR count). The van der Waals surface area contributed by atoms with Gasteiger partial charge in [-0.1, -0.05) is 0 Å². The van der Waals surface area contributed by atoms with Crippen molar-refractivity contribution in [3.63, 3.8) is 0 Å². The average molecular weight is 366 g/mol. The van der Waals surface area contributed by atoms with Gasteiger partial charge in [-0.25, -0.2) is 4.79 Å². The minimum absolute atomic E-state index is 0. The highest BCUT2D eigenvalue weighted by molar-refractivity contribution is 5.85. The first-order valence-corrected chi connectivity index (χ1v) is 5.83. The molecule has 0 saturated carbocycles. The molecule has 1 heterocycles. The van der Waals surface area contributed by atoms with Gasteiger partial charge in [-0.3, -0.25) is 0 Å². The number of halogens is 7. The van der Waals surface area contributed by atoms with Crippen LogP contribution in [0.4, 0.5) is 31.1 Å². The van der Waals surface area contributed by atoms with Gasteiger partial charge >= 0.3 is 18.4 Å². The van der Waals surface area contributed by atoms with E-state index >= 15 is 0 Å². The van der Waals surface area contributed by atoms with Crippen molar-refractivity contribution >= 4 is 18.5 Å². The molecule has 1 aromatic carbocycles. The van der Waals surface area contributed by atoms with Gasteiger partial charge in [-0.2, -0.15) is 26.3 Å². The fourth-order valence-electron chi connectivity index (χ4n) is 2.09. The van der Waals surface area contributed by atoms with Crippen molar-refractivity contribution in [1.29, 1.82) is 0 Å². The van der Waals surface area contributed by atoms with Gasteiger partial charge in [-0.05, 0) is 12.1 Å². The maximum Gasteiger partial charge on any atom is 0.416 e. The molecule has 1 amide bonds. The number of carbonyl (C=O) groups excluding carboxylic acids is 1. The third kappa shape index (κ3) is 3.92. The molecule has 1 atom stereocenters. The van der Waals surface area contributed by atoms with Crippen LogP contribution in [0.5, 0.6) is 5.75 Å². The first-order chi connectivity index (χ1) is 10.0. The summed E-state index contributed by atoms with van der Waals surface area (Å²) in [5.74, 6) is -0.627. The van der Waals surface area contributed by atoms with Gasteiger partial charge in [0.05, 0.1) is 24.3 Å². The van der Waals surface area contributed by atoms with Crippen LogP contribution in [0.1, 0.15) is 22.7 Å². The number of ether oxygens (including phenoxy) is 2. The number of benzene rings is 1. The van der Waals surface area contributed by atoms with E-state index in [1.807, 2.05) is 0 Å². The molecule has 0 unspecified atom stereocenters. The lowest BCUT2D eigenvalue weighted by Crippen LogP contribution is -2.24. The normalized spacial score (nSPS) is 18.0. The second-order valence-corrected chi connectivity index (χ2v) is 4.43. The van der Waals surface area contributed by atoms with Crippen LogP contribution in [0.15, 0.2) is 12.1 Å². The SMILES string of the molecule is COc1cc(C(F)(F)F)cc(C(F)(F)F)c1[C@H]1COC(=O)N1.Cl. The van der Waals surface area contributed by atoms with Gasteiger partial charge in [0, 0.05) is 5.56 Å². The summed E-state index contributed by atoms with van der Waals surface area (Å²) in [6.45, 7) is -0.441. The Morgan fingerprint density at radius 1 is 1.17 bits per heavy atom. The summed E-state index contributed by atoms with van der Waals surface area (Å²) in [5, 5.41) is 2.09. The Balaban J connectivity index is 0.00000264. The molecule has 1 aliphatic heterocycles. The highest BCUT2D eigenvalue weighted by Crippen LogP contribution is 2.44. The van der Waals surface area contributed by atoms with E-state index in [1.54, 1.807) is 0 Å². The van der Waals surface area contributed by atoms with Crippen molar-refractivity contribution in [3.8, 4) is 5.75 Å². The van der Waals surface area contributed by atoms with Gasteiger partial charge in [0.25, 0.3) is 0 Å². The number of alkyl carbamates (subject to hydrolysis) is 1. The summed E-state index contributed by atoms with van der Waals surface area (Å²) in [6.07, 6.45) is -11.0. The Morgan fingerprint density at radius 3 is 2.17 bits per heavy atom. The summed E-state index contributed by atoms with van der Waals surface area (Å²) in [4.78, 5) is 11.0. The summed E-state index contributed by atoms with van der Waals surface area (Å²) in [5.41, 5.74) is -3.63. The van der Waals surface area contributed by atoms with E-state index in [4.69, 9.17) is 0 Å². The van der Waals surface area contributed by atoms with Gasteiger partial charge in [-0.15, -0.1) is 12.4 Å². The lowest BCUT2D eigenvalue weighted by atomic mass is 9.96. The Hall–Kier alpha value is -1.84. The molecule has 0 aromatic heterocycles. The van der Waals surface area contributed by atoms with Crippen LogP contribution in [0.25, 0.3) is 0 Å². The summed E-state index contributed by atoms with van der Waals surface area (Å²) in [6, 6.07) is -0.807. The molecule has 1 saturated heterocycles. The molecule has 0 spiro atoms. The summed E-state index contributed by atoms with van der Waals surface area (Å²) in [7, 11) is 0.941. The van der Waals surface area contributed by atoms with Crippen molar-refractivity contribution in [2.75, 3.05) is 13.7 Å². The lowest BCUT2D eigenvalue weighted by molar-refractivity contribution is -0.143. The number of amides is 1. The van der Waals surface area contributed by atoms with Gasteiger partial charge < -0.3 is 14.8 Å². The zero-order valence-corrected chi connectivity index (χ0v) is 12.2. The minimum Gasteiger partial charge on any atom is -0.496 e. The molecule has 1 aromatic rings. The quantitative estimate of drug-likeness (QED) is 0.808. The fraction of sp³-hybridized carbons (Fsp3) is 0.417. The Bertz CT molecular complexity index is 602. The molecule has 130 valence electrons. The van der Waals surface area contributed by atoms with Crippen molar-refractivity contribution in [1.82, 2.24) is 5.32 Å². The Kier molecular flexibility index (Phi) is 5.30. The lowest BCUT2D eigenvalue weighted by Gasteiger charge is -2.21. The van der Waals surface area contributed by atoms with E-state index in [2.05, 4.69) is 14.8 Å². The number of rotatable bonds is 2. The number of nitrogens with one attached hydrogen (secondary N) is 1. The molecule has 0 aliphatic carbocycles. The fourth-order valence-corrected chi connectivity index (χ4v) is 2.09. The van der Waals surface area contributed by atoms with Gasteiger partial charge in [0.15, 0.2) is 0 Å². The van der Waals surface area contributed by atoms with E-state index < -0.39 is 53.5 Å². The zero-order valence-electron chi connectivity index (χ0n) is 11.3. The van der Waals surface area contributed by atoms with Crippen LogP contribution in [0.3, 0.4) is 0 Å². The first kappa shape index (κ1) is 19.2. The highest BCUT2D eigenvalue weighted by atomic mass is 35.5. The summed E-state index contributed by atoms with van der Waals surface area (Å²) < 4.78 is 86.6. The van der Waals surface area contributed by atoms with Crippen molar-refractivity contribution in [2.45, 2.75) is 18.4 Å². The number of carbonyl (C=O) groups is 1. The van der Waals surface area contributed by atoms with Crippen LogP contribution < -0.4 is 10.1 Å². The number of alkyl halides is 6. The monoisotopic (exact) mass is 365 g/mol. The van der Waals surface area contributed by atoms with Crippen molar-refractivity contribution < 1.29 is 40.6 Å². The highest BCUT2D eigenvalue weighted by Gasteiger charge is 2.43. The van der Waals surface area contributed by atoms with Gasteiger partial charge in [0.1, 0.15) is 12.4 Å². The second kappa shape index (κ2) is 6.34. The van der Waals surface area contributed by atoms with Crippen LogP contribution in [0.2, 0.25) is 0 Å². The average Bonchev–Trinajstić information content (AvgIpc) is 2.81. The molecule has 1 N–H and O–H groups in total. The minimum atomic E-state index is -5.06. The predicted octanol–water partition coefficient (Wildman–Crippen LogP) is 3.94. The maximum atomic E-state index is 13.1. The molecule has 11 heteroatoms. The number of hydrogen-bond acceptors (Lipinski definition) is 3. The molecular weight excluding hydrogens is 356 g/mol. The largest absolute Gasteiger partial charge is 0.496 e. The Labute approximate surface area is 132 Å². The number of hydrogen-bond donors (Lipinski definition) is 1. The molecule has 1 aliphatic rings. The van der Waals surface area contributed by atoms with Crippen LogP contribution in [-0.4, -0.2) is 19.8 Å². The predicted molar refractivity (Wildman–Crippen MR) is 67.5 cm³/mol. The smallest absolute Gasteiger partial charge is 0.416 e. The van der Waals surface area contributed by atoms with E-state index in [0.717, 1.165) is 7.11 Å². The van der Waals surface area contributed by atoms with Crippen LogP contribution in [0, 0.1) is 0 Å². The molecule has 4 nitrogen and oxygen atoms in total. The number of methoxy groups -OCH3 is 1. The van der Waals surface area contributed by atoms with Crippen LogP contribution >= 0.6 is 12.4 Å². The third-order valence-corrected chi connectivity index (χ3v) is 3.02. The van der Waals surface area contributed by atoms with E-state index in [9.17, 15) is 31.1 Å². The van der Waals surface area contributed by atoms with Crippen molar-refractivity contribution in [2.24, 2.45) is 0 Å². The first-order valence-electron chi connectivity index (χ1n) is 5.83. The van der Waals surface area contributed by atoms with Crippen LogP contribution in [-0.2, 0) is 17.1 Å². The number of cyclic esters (lactones) is 1. The maximum absolute atomic E-state index is 13.1. The van der Waals surface area contributed by atoms with E-state index in [-0.39, 0.29) is 18.5 Å². The van der Waals surface area contributed by atoms with Gasteiger partial charge in [0.2, 0.25) is 0 Å². The van der Waals surface area contributed by atoms with Crippen molar-refractivity contribution in [3.05, 3.63) is 28.8 Å². The van der Waals surface area contributed by atoms with E-state index in [0.29, 0.717) is 6.07 Å². The molecule has 0 bridgehead atoms. The molecule has 1 fully saturated rings. The molecule has 0 radical (unpaired) electrons. The third-order valence-electron chi connectivity index (χ3n) is 3.02. The second-order valence-electron chi connectivity index (χ2n) is 4.43. The zero-order chi connectivity index (χ0) is 16.7. The summed E-state index contributed by atoms with van der Waals surface area (Å²) >= 11 is 0. The van der Waals surface area contributed by atoms with E-state index in [1.165, 1.54) is 0 Å². The standard InChI is InChI=1S/C12H9F6NO3.ClH/c1-21-8-3-5(11(13,14)15)2-6(12(16,17)18)9(8)7-4-22-10(20)19-7;/h2-3,7H,4H2,1H3,(H,19,20);1H/t7-;/m1./s1. The Morgan fingerprint density at radius 2 is 1.78 bits per heavy atom. The topological polar surface area (TPSA) is 47.6 Å². The molecule has 23 heavy (non-hydrogen) atoms.